The second kappa shape index (κ2) is 4.82. The van der Waals surface area contributed by atoms with E-state index < -0.39 is 0 Å². The molecular weight excluding hydrogens is 248 g/mol. The van der Waals surface area contributed by atoms with Gasteiger partial charge in [0, 0.05) is 18.2 Å². The van der Waals surface area contributed by atoms with E-state index in [2.05, 4.69) is 42.9 Å². The number of fused-ring (bicyclic) bond motifs is 1. The Morgan fingerprint density at radius 2 is 1.70 bits per heavy atom. The van der Waals surface area contributed by atoms with Gasteiger partial charge < -0.3 is 0 Å². The first-order valence-corrected chi connectivity index (χ1v) is 7.03. The first-order valence-electron chi connectivity index (χ1n) is 7.03. The molecule has 0 bridgehead atoms. The van der Waals surface area contributed by atoms with Crippen molar-refractivity contribution in [3.05, 3.63) is 46.3 Å². The van der Waals surface area contributed by atoms with Crippen molar-refractivity contribution >= 4 is 5.78 Å². The van der Waals surface area contributed by atoms with Crippen LogP contribution < -0.4 is 0 Å². The van der Waals surface area contributed by atoms with Gasteiger partial charge in [-0.25, -0.2) is 9.97 Å². The van der Waals surface area contributed by atoms with Crippen LogP contribution in [0.15, 0.2) is 18.3 Å². The maximum atomic E-state index is 11.8. The Morgan fingerprint density at radius 1 is 0.950 bits per heavy atom. The fourth-order valence-corrected chi connectivity index (χ4v) is 2.72. The monoisotopic (exact) mass is 266 g/mol. The molecule has 3 rings (SSSR count). The number of Topliss-reactive ketones (excluding diaryl/α,β-unsaturated/α-hetero) is 1. The van der Waals surface area contributed by atoms with Crippen LogP contribution >= 0.6 is 0 Å². The molecule has 1 aromatic heterocycles. The number of ketones is 1. The van der Waals surface area contributed by atoms with Gasteiger partial charge in [-0.05, 0) is 56.4 Å². The zero-order chi connectivity index (χ0) is 14.3. The average Bonchev–Trinajstić information content (AvgIpc) is 2.43. The lowest BCUT2D eigenvalue weighted by atomic mass is 9.95. The van der Waals surface area contributed by atoms with Crippen LogP contribution in [-0.2, 0) is 6.42 Å². The van der Waals surface area contributed by atoms with Crippen molar-refractivity contribution in [1.29, 1.82) is 0 Å². The second-order valence-electron chi connectivity index (χ2n) is 5.58. The van der Waals surface area contributed by atoms with Crippen LogP contribution in [0.2, 0.25) is 0 Å². The number of benzene rings is 1. The number of aryl methyl sites for hydroxylation is 4. The number of carbonyl (C=O) groups excluding carboxylic acids is 1. The Kier molecular flexibility index (Phi) is 3.13. The van der Waals surface area contributed by atoms with E-state index in [0.717, 1.165) is 29.9 Å². The molecule has 1 aliphatic rings. The van der Waals surface area contributed by atoms with Crippen molar-refractivity contribution in [3.63, 3.8) is 0 Å². The minimum Gasteiger partial charge on any atom is -0.294 e. The molecule has 1 aromatic carbocycles. The molecule has 0 unspecified atom stereocenters. The molecule has 0 aliphatic heterocycles. The molecule has 1 aliphatic carbocycles. The second-order valence-corrected chi connectivity index (χ2v) is 5.58. The first-order chi connectivity index (χ1) is 9.56. The third-order valence-electron chi connectivity index (χ3n) is 4.07. The quantitative estimate of drug-likeness (QED) is 0.792. The molecule has 3 nitrogen and oxygen atoms in total. The van der Waals surface area contributed by atoms with Gasteiger partial charge in [-0.15, -0.1) is 0 Å². The van der Waals surface area contributed by atoms with Crippen LogP contribution in [-0.4, -0.2) is 15.8 Å². The molecule has 0 saturated carbocycles. The Balaban J connectivity index is 2.12. The molecule has 0 spiro atoms. The van der Waals surface area contributed by atoms with E-state index in [1.54, 1.807) is 6.20 Å². The summed E-state index contributed by atoms with van der Waals surface area (Å²) >= 11 is 0. The van der Waals surface area contributed by atoms with Crippen LogP contribution in [0.3, 0.4) is 0 Å². The maximum Gasteiger partial charge on any atom is 0.166 e. The lowest BCUT2D eigenvalue weighted by molar-refractivity contribution is 0.0971. The van der Waals surface area contributed by atoms with Gasteiger partial charge >= 0.3 is 0 Å². The van der Waals surface area contributed by atoms with Crippen LogP contribution in [0.4, 0.5) is 0 Å². The van der Waals surface area contributed by atoms with E-state index in [-0.39, 0.29) is 5.78 Å². The lowest BCUT2D eigenvalue weighted by Gasteiger charge is -2.15. The average molecular weight is 266 g/mol. The molecule has 0 radical (unpaired) electrons. The SMILES string of the molecule is Cc1cc(C)c(-c2ncc3c(n2)CCCC3=O)cc1C. The van der Waals surface area contributed by atoms with Crippen LogP contribution in [0, 0.1) is 20.8 Å². The summed E-state index contributed by atoms with van der Waals surface area (Å²) in [7, 11) is 0. The summed E-state index contributed by atoms with van der Waals surface area (Å²) in [6.45, 7) is 6.29. The molecule has 20 heavy (non-hydrogen) atoms. The number of hydrogen-bond donors (Lipinski definition) is 0. The summed E-state index contributed by atoms with van der Waals surface area (Å²) in [5.74, 6) is 0.911. The van der Waals surface area contributed by atoms with E-state index >= 15 is 0 Å². The minimum absolute atomic E-state index is 0.176. The van der Waals surface area contributed by atoms with Crippen molar-refractivity contribution in [2.75, 3.05) is 0 Å². The number of carbonyl (C=O) groups is 1. The molecule has 0 N–H and O–H groups in total. The highest BCUT2D eigenvalue weighted by Gasteiger charge is 2.20. The highest BCUT2D eigenvalue weighted by atomic mass is 16.1. The van der Waals surface area contributed by atoms with Crippen molar-refractivity contribution in [1.82, 2.24) is 9.97 Å². The van der Waals surface area contributed by atoms with Crippen molar-refractivity contribution < 1.29 is 4.79 Å². The molecule has 1 heterocycles. The van der Waals surface area contributed by atoms with E-state index in [4.69, 9.17) is 0 Å². The van der Waals surface area contributed by atoms with Gasteiger partial charge in [0.05, 0.1) is 11.3 Å². The fourth-order valence-electron chi connectivity index (χ4n) is 2.72. The third kappa shape index (κ3) is 2.13. The van der Waals surface area contributed by atoms with E-state index in [1.807, 2.05) is 0 Å². The molecule has 2 aromatic rings. The van der Waals surface area contributed by atoms with Gasteiger partial charge in [0.25, 0.3) is 0 Å². The number of hydrogen-bond acceptors (Lipinski definition) is 3. The molecular formula is C17H18N2O. The number of aromatic nitrogens is 2. The zero-order valence-corrected chi connectivity index (χ0v) is 12.2. The van der Waals surface area contributed by atoms with E-state index in [0.29, 0.717) is 12.0 Å². The van der Waals surface area contributed by atoms with E-state index in [9.17, 15) is 4.79 Å². The van der Waals surface area contributed by atoms with Gasteiger partial charge in [0.2, 0.25) is 0 Å². The smallest absolute Gasteiger partial charge is 0.166 e. The Morgan fingerprint density at radius 3 is 2.50 bits per heavy atom. The summed E-state index contributed by atoms with van der Waals surface area (Å²) in [5, 5.41) is 0. The molecule has 0 saturated heterocycles. The normalized spacial score (nSPS) is 14.2. The predicted molar refractivity (Wildman–Crippen MR) is 78.9 cm³/mol. The summed E-state index contributed by atoms with van der Waals surface area (Å²) in [5.41, 5.74) is 6.37. The first kappa shape index (κ1) is 13.0. The maximum absolute atomic E-state index is 11.8. The molecule has 3 heteroatoms. The van der Waals surface area contributed by atoms with Crippen molar-refractivity contribution in [2.45, 2.75) is 40.0 Å². The third-order valence-corrected chi connectivity index (χ3v) is 4.07. The van der Waals surface area contributed by atoms with E-state index in [1.165, 1.54) is 16.7 Å². The van der Waals surface area contributed by atoms with Gasteiger partial charge in [-0.1, -0.05) is 6.07 Å². The largest absolute Gasteiger partial charge is 0.294 e. The Hall–Kier alpha value is -2.03. The fraction of sp³-hybridized carbons (Fsp3) is 0.353. The van der Waals surface area contributed by atoms with Crippen LogP contribution in [0.25, 0.3) is 11.4 Å². The molecule has 0 amide bonds. The van der Waals surface area contributed by atoms with Crippen molar-refractivity contribution in [3.8, 4) is 11.4 Å². The Bertz CT molecular complexity index is 704. The number of rotatable bonds is 1. The van der Waals surface area contributed by atoms with Gasteiger partial charge in [-0.2, -0.15) is 0 Å². The van der Waals surface area contributed by atoms with Gasteiger partial charge in [-0.3, -0.25) is 4.79 Å². The predicted octanol–water partition coefficient (Wildman–Crippen LogP) is 3.59. The lowest BCUT2D eigenvalue weighted by Crippen LogP contribution is -2.14. The summed E-state index contributed by atoms with van der Waals surface area (Å²) in [6, 6.07) is 4.30. The van der Waals surface area contributed by atoms with Crippen LogP contribution in [0.5, 0.6) is 0 Å². The number of nitrogens with zero attached hydrogens (tertiary/aromatic N) is 2. The van der Waals surface area contributed by atoms with Crippen molar-refractivity contribution in [2.24, 2.45) is 0 Å². The standard InChI is InChI=1S/C17H18N2O/c1-10-7-12(3)13(8-11(10)2)17-18-9-14-15(19-17)5-4-6-16(14)20/h7-9H,4-6H2,1-3H3. The highest BCUT2D eigenvalue weighted by molar-refractivity contribution is 5.97. The summed E-state index contributed by atoms with van der Waals surface area (Å²) in [6.07, 6.45) is 4.10. The Labute approximate surface area is 119 Å². The molecule has 0 atom stereocenters. The molecule has 0 fully saturated rings. The summed E-state index contributed by atoms with van der Waals surface area (Å²) in [4.78, 5) is 20.9. The topological polar surface area (TPSA) is 42.9 Å². The summed E-state index contributed by atoms with van der Waals surface area (Å²) < 4.78 is 0. The molecule has 102 valence electrons. The minimum atomic E-state index is 0.176. The van der Waals surface area contributed by atoms with Gasteiger partial charge in [0.1, 0.15) is 0 Å². The highest BCUT2D eigenvalue weighted by Crippen LogP contribution is 2.26. The zero-order valence-electron chi connectivity index (χ0n) is 12.2. The van der Waals surface area contributed by atoms with Gasteiger partial charge in [0.15, 0.2) is 11.6 Å². The van der Waals surface area contributed by atoms with Crippen LogP contribution in [0.1, 0.15) is 45.6 Å².